The van der Waals surface area contributed by atoms with Crippen molar-refractivity contribution in [1.82, 2.24) is 5.32 Å². The maximum Gasteiger partial charge on any atom is 0.212 e. The van der Waals surface area contributed by atoms with Gasteiger partial charge in [-0.05, 0) is 6.92 Å². The van der Waals surface area contributed by atoms with Crippen molar-refractivity contribution in [2.75, 3.05) is 19.7 Å². The maximum atomic E-state index is 10.8. The van der Waals surface area contributed by atoms with E-state index in [2.05, 4.69) is 5.32 Å². The van der Waals surface area contributed by atoms with E-state index in [-0.39, 0.29) is 5.78 Å². The Bertz CT molecular complexity index is 143. The third-order valence-electron chi connectivity index (χ3n) is 1.49. The molecule has 1 fully saturated rings. The molecule has 0 bridgehead atoms. The second-order valence-corrected chi connectivity index (χ2v) is 2.92. The molecule has 1 heterocycles. The van der Waals surface area contributed by atoms with Crippen LogP contribution in [0.5, 0.6) is 0 Å². The van der Waals surface area contributed by atoms with E-state index in [0.29, 0.717) is 13.2 Å². The molecule has 1 atom stereocenters. The molecule has 0 radical (unpaired) electrons. The fourth-order valence-corrected chi connectivity index (χ4v) is 0.983. The van der Waals surface area contributed by atoms with Gasteiger partial charge in [-0.1, -0.05) is 11.6 Å². The van der Waals surface area contributed by atoms with Crippen LogP contribution in [0.4, 0.5) is 0 Å². The lowest BCUT2D eigenvalue weighted by Crippen LogP contribution is -2.50. The van der Waals surface area contributed by atoms with E-state index in [9.17, 15) is 4.79 Å². The number of Topliss-reactive ketones (excluding diaryl/α,β-unsaturated/α-hetero) is 1. The average Bonchev–Trinajstić information content (AvgIpc) is 1.89. The summed E-state index contributed by atoms with van der Waals surface area (Å²) < 4.78 is 5.08. The van der Waals surface area contributed by atoms with Crippen LogP contribution in [-0.4, -0.2) is 30.5 Å². The summed E-state index contributed by atoms with van der Waals surface area (Å²) in [4.78, 5) is 10.8. The Labute approximate surface area is 64.7 Å². The molecule has 1 aliphatic rings. The zero-order chi connectivity index (χ0) is 7.61. The molecule has 1 N–H and O–H groups in total. The molecule has 1 saturated heterocycles. The van der Waals surface area contributed by atoms with Gasteiger partial charge in [0.25, 0.3) is 0 Å². The van der Waals surface area contributed by atoms with Crippen LogP contribution in [0.2, 0.25) is 0 Å². The van der Waals surface area contributed by atoms with Crippen LogP contribution in [0, 0.1) is 0 Å². The lowest BCUT2D eigenvalue weighted by molar-refractivity contribution is -0.134. The molecule has 0 aromatic heterocycles. The first-order valence-electron chi connectivity index (χ1n) is 3.20. The van der Waals surface area contributed by atoms with Crippen LogP contribution in [0.3, 0.4) is 0 Å². The fraction of sp³-hybridized carbons (Fsp3) is 0.833. The number of carbonyl (C=O) groups excluding carboxylic acids is 1. The highest BCUT2D eigenvalue weighted by atomic mass is 35.5. The normalized spacial score (nSPS) is 33.8. The molecule has 3 nitrogen and oxygen atoms in total. The van der Waals surface area contributed by atoms with Crippen LogP contribution >= 0.6 is 11.6 Å². The predicted molar refractivity (Wildman–Crippen MR) is 38.1 cm³/mol. The Kier molecular flexibility index (Phi) is 2.28. The number of carbonyl (C=O) groups is 1. The molecule has 0 aromatic carbocycles. The summed E-state index contributed by atoms with van der Waals surface area (Å²) in [5.74, 6) is -0.138. The van der Waals surface area contributed by atoms with Gasteiger partial charge in [0.15, 0.2) is 5.78 Å². The smallest absolute Gasteiger partial charge is 0.212 e. The van der Waals surface area contributed by atoms with Gasteiger partial charge in [-0.2, -0.15) is 0 Å². The van der Waals surface area contributed by atoms with E-state index >= 15 is 0 Å². The van der Waals surface area contributed by atoms with E-state index in [0.717, 1.165) is 6.54 Å². The van der Waals surface area contributed by atoms with Crippen molar-refractivity contribution in [1.29, 1.82) is 0 Å². The quantitative estimate of drug-likeness (QED) is 0.559. The molecule has 10 heavy (non-hydrogen) atoms. The summed E-state index contributed by atoms with van der Waals surface area (Å²) in [5.41, 5.74) is 0. The topological polar surface area (TPSA) is 38.3 Å². The Morgan fingerprint density at radius 2 is 2.50 bits per heavy atom. The molecule has 1 aliphatic heterocycles. The van der Waals surface area contributed by atoms with E-state index in [4.69, 9.17) is 16.3 Å². The number of morpholine rings is 1. The first-order chi connectivity index (χ1) is 4.65. The van der Waals surface area contributed by atoms with Crippen molar-refractivity contribution in [2.24, 2.45) is 0 Å². The summed E-state index contributed by atoms with van der Waals surface area (Å²) in [6, 6.07) is 0. The van der Waals surface area contributed by atoms with Crippen LogP contribution in [0.1, 0.15) is 6.92 Å². The third-order valence-corrected chi connectivity index (χ3v) is 2.00. The lowest BCUT2D eigenvalue weighted by Gasteiger charge is -2.29. The number of ketones is 1. The molecule has 0 saturated carbocycles. The Morgan fingerprint density at radius 3 is 2.80 bits per heavy atom. The molecular formula is C6H10ClNO2. The minimum atomic E-state index is -1.10. The predicted octanol–water partition coefficient (Wildman–Crippen LogP) is 0.130. The molecule has 0 aromatic rings. The van der Waals surface area contributed by atoms with Gasteiger partial charge in [0, 0.05) is 13.1 Å². The molecule has 1 rings (SSSR count). The summed E-state index contributed by atoms with van der Waals surface area (Å²) in [7, 11) is 0. The number of ether oxygens (including phenoxy) is 1. The van der Waals surface area contributed by atoms with Crippen LogP contribution < -0.4 is 5.32 Å². The van der Waals surface area contributed by atoms with E-state index < -0.39 is 5.06 Å². The van der Waals surface area contributed by atoms with Crippen LogP contribution in [0.25, 0.3) is 0 Å². The largest absolute Gasteiger partial charge is 0.350 e. The minimum Gasteiger partial charge on any atom is -0.350 e. The van der Waals surface area contributed by atoms with Crippen molar-refractivity contribution in [3.05, 3.63) is 0 Å². The monoisotopic (exact) mass is 163 g/mol. The second kappa shape index (κ2) is 2.86. The van der Waals surface area contributed by atoms with Crippen molar-refractivity contribution in [2.45, 2.75) is 12.0 Å². The molecular weight excluding hydrogens is 154 g/mol. The number of alkyl halides is 1. The number of hydrogen-bond acceptors (Lipinski definition) is 3. The highest BCUT2D eigenvalue weighted by Crippen LogP contribution is 2.19. The first kappa shape index (κ1) is 7.98. The number of hydrogen-bond donors (Lipinski definition) is 1. The first-order valence-corrected chi connectivity index (χ1v) is 3.57. The molecule has 4 heteroatoms. The lowest BCUT2D eigenvalue weighted by atomic mass is 10.2. The highest BCUT2D eigenvalue weighted by molar-refractivity contribution is 6.34. The molecule has 1 unspecified atom stereocenters. The number of halogens is 1. The standard InChI is InChI=1S/C6H10ClNO2/c1-5(9)6(7)4-8-2-3-10-6/h8H,2-4H2,1H3. The summed E-state index contributed by atoms with van der Waals surface area (Å²) in [6.45, 7) is 3.11. The van der Waals surface area contributed by atoms with E-state index in [1.54, 1.807) is 0 Å². The van der Waals surface area contributed by atoms with Crippen molar-refractivity contribution >= 4 is 17.4 Å². The van der Waals surface area contributed by atoms with Gasteiger partial charge in [0.2, 0.25) is 5.06 Å². The van der Waals surface area contributed by atoms with Crippen molar-refractivity contribution < 1.29 is 9.53 Å². The van der Waals surface area contributed by atoms with Gasteiger partial charge in [0.1, 0.15) is 0 Å². The summed E-state index contributed by atoms with van der Waals surface area (Å²) in [6.07, 6.45) is 0. The molecule has 0 aliphatic carbocycles. The number of nitrogens with one attached hydrogen (secondary N) is 1. The van der Waals surface area contributed by atoms with Crippen molar-refractivity contribution in [3.63, 3.8) is 0 Å². The van der Waals surface area contributed by atoms with E-state index in [1.165, 1.54) is 6.92 Å². The van der Waals surface area contributed by atoms with Crippen LogP contribution in [0.15, 0.2) is 0 Å². The maximum absolute atomic E-state index is 10.8. The fourth-order valence-electron chi connectivity index (χ4n) is 0.811. The Morgan fingerprint density at radius 1 is 1.80 bits per heavy atom. The number of rotatable bonds is 1. The van der Waals surface area contributed by atoms with Gasteiger partial charge >= 0.3 is 0 Å². The second-order valence-electron chi connectivity index (χ2n) is 2.31. The van der Waals surface area contributed by atoms with Crippen LogP contribution in [-0.2, 0) is 9.53 Å². The van der Waals surface area contributed by atoms with Crippen molar-refractivity contribution in [3.8, 4) is 0 Å². The van der Waals surface area contributed by atoms with Gasteiger partial charge in [0.05, 0.1) is 6.61 Å². The zero-order valence-electron chi connectivity index (χ0n) is 5.82. The minimum absolute atomic E-state index is 0.138. The average molecular weight is 164 g/mol. The summed E-state index contributed by atoms with van der Waals surface area (Å²) >= 11 is 5.78. The molecule has 0 spiro atoms. The Balaban J connectivity index is 2.56. The molecule has 58 valence electrons. The Hall–Kier alpha value is -0.120. The van der Waals surface area contributed by atoms with Gasteiger partial charge in [-0.15, -0.1) is 0 Å². The zero-order valence-corrected chi connectivity index (χ0v) is 6.57. The van der Waals surface area contributed by atoms with Gasteiger partial charge < -0.3 is 10.1 Å². The molecule has 0 amide bonds. The SMILES string of the molecule is CC(=O)C1(Cl)CNCCO1. The van der Waals surface area contributed by atoms with Gasteiger partial charge in [-0.25, -0.2) is 0 Å². The summed E-state index contributed by atoms with van der Waals surface area (Å²) in [5, 5.41) is 1.88. The van der Waals surface area contributed by atoms with Gasteiger partial charge in [-0.3, -0.25) is 4.79 Å². The third kappa shape index (κ3) is 1.48. The highest BCUT2D eigenvalue weighted by Gasteiger charge is 2.35. The van der Waals surface area contributed by atoms with E-state index in [1.807, 2.05) is 0 Å².